The van der Waals surface area contributed by atoms with E-state index in [9.17, 15) is 14.0 Å². The predicted octanol–water partition coefficient (Wildman–Crippen LogP) is 3.02. The van der Waals surface area contributed by atoms with E-state index < -0.39 is 17.3 Å². The number of amides is 1. The number of pyridine rings is 1. The van der Waals surface area contributed by atoms with E-state index in [1.54, 1.807) is 42.5 Å². The summed E-state index contributed by atoms with van der Waals surface area (Å²) in [6, 6.07) is 14.2. The highest BCUT2D eigenvalue weighted by Crippen LogP contribution is 2.34. The molecule has 0 unspecified atom stereocenters. The number of aromatic nitrogens is 1. The number of hydrogen-bond acceptors (Lipinski definition) is 4. The minimum absolute atomic E-state index is 0.0356. The van der Waals surface area contributed by atoms with Crippen molar-refractivity contribution in [1.29, 1.82) is 0 Å². The van der Waals surface area contributed by atoms with Crippen LogP contribution in [-0.2, 0) is 6.54 Å². The minimum Gasteiger partial charge on any atom is -0.454 e. The molecule has 0 fully saturated rings. The maximum atomic E-state index is 13.8. The largest absolute Gasteiger partial charge is 0.454 e. The van der Waals surface area contributed by atoms with Gasteiger partial charge in [0.1, 0.15) is 11.4 Å². The van der Waals surface area contributed by atoms with E-state index in [-0.39, 0.29) is 18.9 Å². The van der Waals surface area contributed by atoms with Crippen molar-refractivity contribution in [3.8, 4) is 11.5 Å². The summed E-state index contributed by atoms with van der Waals surface area (Å²) < 4.78 is 25.6. The van der Waals surface area contributed by atoms with Gasteiger partial charge < -0.3 is 19.4 Å². The van der Waals surface area contributed by atoms with Crippen LogP contribution in [0.25, 0.3) is 0 Å². The molecule has 3 aromatic rings. The van der Waals surface area contributed by atoms with Crippen LogP contribution in [0.3, 0.4) is 0 Å². The van der Waals surface area contributed by atoms with Crippen LogP contribution in [0.2, 0.25) is 0 Å². The minimum atomic E-state index is -0.554. The third-order valence-electron chi connectivity index (χ3n) is 4.19. The Morgan fingerprint density at radius 2 is 1.89 bits per heavy atom. The van der Waals surface area contributed by atoms with Crippen LogP contribution in [0.1, 0.15) is 15.9 Å². The van der Waals surface area contributed by atoms with Crippen LogP contribution in [-0.4, -0.2) is 17.3 Å². The summed E-state index contributed by atoms with van der Waals surface area (Å²) >= 11 is 0. The lowest BCUT2D eigenvalue weighted by Gasteiger charge is -2.10. The van der Waals surface area contributed by atoms with E-state index in [0.717, 1.165) is 0 Å². The fourth-order valence-corrected chi connectivity index (χ4v) is 2.82. The quantitative estimate of drug-likeness (QED) is 0.771. The Bertz CT molecular complexity index is 1080. The maximum absolute atomic E-state index is 13.8. The average Bonchev–Trinajstić information content (AvgIpc) is 3.13. The van der Waals surface area contributed by atoms with E-state index in [1.165, 1.54) is 22.9 Å². The number of benzene rings is 2. The van der Waals surface area contributed by atoms with Gasteiger partial charge in [0.2, 0.25) is 6.79 Å². The molecular formula is C20H15FN2O4. The topological polar surface area (TPSA) is 69.6 Å². The summed E-state index contributed by atoms with van der Waals surface area (Å²) in [5.41, 5.74) is 0.312. The molecule has 2 aromatic carbocycles. The van der Waals surface area contributed by atoms with Gasteiger partial charge in [-0.15, -0.1) is 0 Å². The maximum Gasteiger partial charge on any atom is 0.263 e. The molecule has 0 spiro atoms. The second-order valence-corrected chi connectivity index (χ2v) is 5.97. The number of carbonyl (C=O) groups is 1. The van der Waals surface area contributed by atoms with Crippen LogP contribution in [0.4, 0.5) is 10.1 Å². The Balaban J connectivity index is 1.58. The van der Waals surface area contributed by atoms with Gasteiger partial charge in [0, 0.05) is 23.5 Å². The van der Waals surface area contributed by atoms with Gasteiger partial charge in [-0.05, 0) is 30.3 Å². The molecule has 0 atom stereocenters. The van der Waals surface area contributed by atoms with E-state index >= 15 is 0 Å². The first-order valence-corrected chi connectivity index (χ1v) is 8.26. The zero-order valence-electron chi connectivity index (χ0n) is 14.1. The number of nitrogens with one attached hydrogen (secondary N) is 1. The molecule has 0 saturated carbocycles. The summed E-state index contributed by atoms with van der Waals surface area (Å²) in [4.78, 5) is 25.2. The zero-order valence-corrected chi connectivity index (χ0v) is 14.1. The molecule has 0 radical (unpaired) electrons. The average molecular weight is 366 g/mol. The van der Waals surface area contributed by atoms with Crippen LogP contribution >= 0.6 is 0 Å². The van der Waals surface area contributed by atoms with Gasteiger partial charge >= 0.3 is 0 Å². The third kappa shape index (κ3) is 3.39. The van der Waals surface area contributed by atoms with Crippen LogP contribution < -0.4 is 20.3 Å². The fourth-order valence-electron chi connectivity index (χ4n) is 2.82. The van der Waals surface area contributed by atoms with Crippen LogP contribution in [0.5, 0.6) is 11.5 Å². The Hall–Kier alpha value is -3.61. The Morgan fingerprint density at radius 1 is 1.07 bits per heavy atom. The van der Waals surface area contributed by atoms with E-state index in [4.69, 9.17) is 9.47 Å². The van der Waals surface area contributed by atoms with Gasteiger partial charge in [0.05, 0.1) is 6.54 Å². The highest BCUT2D eigenvalue weighted by Gasteiger charge is 2.17. The molecule has 0 saturated heterocycles. The molecule has 6 nitrogen and oxygen atoms in total. The van der Waals surface area contributed by atoms with Gasteiger partial charge in [-0.25, -0.2) is 4.39 Å². The number of rotatable bonds is 4. The summed E-state index contributed by atoms with van der Waals surface area (Å²) in [5, 5.41) is 2.67. The third-order valence-corrected chi connectivity index (χ3v) is 4.19. The monoisotopic (exact) mass is 366 g/mol. The van der Waals surface area contributed by atoms with E-state index in [2.05, 4.69) is 5.32 Å². The molecule has 0 bridgehead atoms. The molecular weight excluding hydrogens is 351 g/mol. The van der Waals surface area contributed by atoms with Crippen molar-refractivity contribution in [3.63, 3.8) is 0 Å². The number of anilines is 1. The molecule has 1 aromatic heterocycles. The van der Waals surface area contributed by atoms with Crippen LogP contribution in [0, 0.1) is 5.82 Å². The van der Waals surface area contributed by atoms with Crippen molar-refractivity contribution in [2.45, 2.75) is 6.54 Å². The summed E-state index contributed by atoms with van der Waals surface area (Å²) in [6.07, 6.45) is 1.52. The highest BCUT2D eigenvalue weighted by atomic mass is 19.1. The summed E-state index contributed by atoms with van der Waals surface area (Å²) in [7, 11) is 0. The predicted molar refractivity (Wildman–Crippen MR) is 96.7 cm³/mol. The molecule has 0 aliphatic carbocycles. The summed E-state index contributed by atoms with van der Waals surface area (Å²) in [5.74, 6) is 0.166. The van der Waals surface area contributed by atoms with Crippen molar-refractivity contribution >= 4 is 11.6 Å². The number of hydrogen-bond donors (Lipinski definition) is 1. The highest BCUT2D eigenvalue weighted by molar-refractivity contribution is 6.04. The second-order valence-electron chi connectivity index (χ2n) is 5.97. The van der Waals surface area contributed by atoms with Crippen LogP contribution in [0.15, 0.2) is 65.6 Å². The van der Waals surface area contributed by atoms with Crippen molar-refractivity contribution in [3.05, 3.63) is 88.1 Å². The Morgan fingerprint density at radius 3 is 2.74 bits per heavy atom. The van der Waals surface area contributed by atoms with Gasteiger partial charge in [0.15, 0.2) is 11.5 Å². The number of halogens is 1. The lowest BCUT2D eigenvalue weighted by molar-refractivity contribution is 0.102. The molecule has 136 valence electrons. The fraction of sp³-hybridized carbons (Fsp3) is 0.100. The SMILES string of the molecule is O=C(Nc1ccc2c(c1)OCO2)c1cccn(Cc2ccccc2F)c1=O. The van der Waals surface area contributed by atoms with Crippen molar-refractivity contribution in [2.24, 2.45) is 0 Å². The molecule has 27 heavy (non-hydrogen) atoms. The normalized spacial score (nSPS) is 12.0. The van der Waals surface area contributed by atoms with Crippen molar-refractivity contribution < 1.29 is 18.7 Å². The molecule has 1 amide bonds. The number of carbonyl (C=O) groups excluding carboxylic acids is 1. The molecule has 7 heteroatoms. The van der Waals surface area contributed by atoms with E-state index in [0.29, 0.717) is 22.7 Å². The van der Waals surface area contributed by atoms with Gasteiger partial charge in [-0.2, -0.15) is 0 Å². The molecule has 1 aliphatic heterocycles. The first-order valence-electron chi connectivity index (χ1n) is 8.26. The molecule has 2 heterocycles. The molecule has 1 aliphatic rings. The van der Waals surface area contributed by atoms with Gasteiger partial charge in [-0.3, -0.25) is 9.59 Å². The first-order chi connectivity index (χ1) is 13.1. The lowest BCUT2D eigenvalue weighted by Crippen LogP contribution is -2.29. The molecule has 4 rings (SSSR count). The lowest BCUT2D eigenvalue weighted by atomic mass is 10.2. The standard InChI is InChI=1S/C20H15FN2O4/c21-16-6-2-1-4-13(16)11-23-9-3-5-15(20(23)25)19(24)22-14-7-8-17-18(10-14)27-12-26-17/h1-10H,11-12H2,(H,22,24). The van der Waals surface area contributed by atoms with Crippen molar-refractivity contribution in [1.82, 2.24) is 4.57 Å². The Labute approximate surface area is 153 Å². The van der Waals surface area contributed by atoms with Gasteiger partial charge in [-0.1, -0.05) is 18.2 Å². The number of ether oxygens (including phenoxy) is 2. The number of nitrogens with zero attached hydrogens (tertiary/aromatic N) is 1. The zero-order chi connectivity index (χ0) is 18.8. The second kappa shape index (κ2) is 6.95. The molecule has 1 N–H and O–H groups in total. The summed E-state index contributed by atoms with van der Waals surface area (Å²) in [6.45, 7) is 0.169. The number of fused-ring (bicyclic) bond motifs is 1. The van der Waals surface area contributed by atoms with Crippen molar-refractivity contribution in [2.75, 3.05) is 12.1 Å². The first kappa shape index (κ1) is 16.8. The smallest absolute Gasteiger partial charge is 0.263 e. The van der Waals surface area contributed by atoms with E-state index in [1.807, 2.05) is 0 Å². The Kier molecular flexibility index (Phi) is 4.33. The van der Waals surface area contributed by atoms with Gasteiger partial charge in [0.25, 0.3) is 11.5 Å².